The van der Waals surface area contributed by atoms with E-state index in [4.69, 9.17) is 14.2 Å². The van der Waals surface area contributed by atoms with E-state index in [9.17, 15) is 35.1 Å². The fraction of sp³-hybridized carbons (Fsp3) is 0.813. The van der Waals surface area contributed by atoms with Gasteiger partial charge in [0, 0.05) is 6.42 Å². The number of allylic oxidation sites excluding steroid dienone is 11. The van der Waals surface area contributed by atoms with Gasteiger partial charge in [0.15, 0.2) is 12.4 Å². The molecule has 1 fully saturated rings. The Kier molecular flexibility index (Phi) is 58.8. The molecule has 0 radical (unpaired) electrons. The summed E-state index contributed by atoms with van der Waals surface area (Å²) in [5.74, 6) is -1.19. The molecule has 1 aliphatic heterocycles. The van der Waals surface area contributed by atoms with Gasteiger partial charge in [-0.25, -0.2) is 0 Å². The van der Waals surface area contributed by atoms with Crippen molar-refractivity contribution in [1.82, 2.24) is 5.32 Å². The molecule has 1 heterocycles. The van der Waals surface area contributed by atoms with Gasteiger partial charge >= 0.3 is 5.97 Å². The zero-order valence-corrected chi connectivity index (χ0v) is 55.7. The molecule has 8 atom stereocenters. The molecule has 0 spiro atoms. The number of carbonyl (C=O) groups excluding carboxylic acids is 2. The average Bonchev–Trinajstić information content (AvgIpc) is 3.68. The molecule has 1 amide bonds. The summed E-state index contributed by atoms with van der Waals surface area (Å²) in [5.41, 5.74) is 0. The second-order valence-electron chi connectivity index (χ2n) is 25.0. The van der Waals surface area contributed by atoms with Gasteiger partial charge < -0.3 is 45.1 Å². The zero-order chi connectivity index (χ0) is 62.4. The molecule has 500 valence electrons. The van der Waals surface area contributed by atoms with Crippen LogP contribution in [0.2, 0.25) is 0 Å². The number of rotatable bonds is 62. The quantitative estimate of drug-likeness (QED) is 0.0195. The van der Waals surface area contributed by atoms with Gasteiger partial charge in [0.05, 0.1) is 25.4 Å². The molecule has 6 N–H and O–H groups in total. The van der Waals surface area contributed by atoms with E-state index in [1.54, 1.807) is 6.08 Å². The second-order valence-corrected chi connectivity index (χ2v) is 25.0. The Balaban J connectivity index is 2.58. The topological polar surface area (TPSA) is 175 Å². The molecule has 0 saturated carbocycles. The number of carbonyl (C=O) groups is 2. The summed E-state index contributed by atoms with van der Waals surface area (Å²) in [7, 11) is 0. The van der Waals surface area contributed by atoms with Gasteiger partial charge in [-0.15, -0.1) is 0 Å². The minimum absolute atomic E-state index is 0.122. The van der Waals surface area contributed by atoms with Gasteiger partial charge in [-0.3, -0.25) is 9.59 Å². The Morgan fingerprint density at radius 1 is 0.453 bits per heavy atom. The zero-order valence-electron chi connectivity index (χ0n) is 55.7. The van der Waals surface area contributed by atoms with E-state index >= 15 is 0 Å². The van der Waals surface area contributed by atoms with Crippen molar-refractivity contribution in [2.45, 2.75) is 378 Å². The third-order valence-electron chi connectivity index (χ3n) is 16.8. The van der Waals surface area contributed by atoms with Crippen molar-refractivity contribution in [2.75, 3.05) is 13.2 Å². The summed E-state index contributed by atoms with van der Waals surface area (Å²) in [6.07, 6.45) is 70.8. The van der Waals surface area contributed by atoms with Gasteiger partial charge in [-0.2, -0.15) is 0 Å². The van der Waals surface area contributed by atoms with E-state index in [1.165, 1.54) is 199 Å². The van der Waals surface area contributed by atoms with Crippen LogP contribution in [0.1, 0.15) is 329 Å². The number of amides is 1. The maximum Gasteiger partial charge on any atom is 0.306 e. The molecule has 86 heavy (non-hydrogen) atoms. The van der Waals surface area contributed by atoms with Crippen molar-refractivity contribution in [3.8, 4) is 0 Å². The molecule has 1 rings (SSSR count). The van der Waals surface area contributed by atoms with Crippen molar-refractivity contribution in [2.24, 2.45) is 0 Å². The summed E-state index contributed by atoms with van der Waals surface area (Å²) in [4.78, 5) is 26.7. The van der Waals surface area contributed by atoms with Crippen LogP contribution in [0.15, 0.2) is 72.9 Å². The first kappa shape index (κ1) is 81.1. The summed E-state index contributed by atoms with van der Waals surface area (Å²) in [6, 6.07) is -1.03. The summed E-state index contributed by atoms with van der Waals surface area (Å²) in [5, 5.41) is 57.3. The summed E-state index contributed by atoms with van der Waals surface area (Å²) < 4.78 is 17.7. The maximum atomic E-state index is 13.5. The number of aliphatic hydroxyl groups is 5. The summed E-state index contributed by atoms with van der Waals surface area (Å²) >= 11 is 0. The van der Waals surface area contributed by atoms with Crippen LogP contribution in [0.5, 0.6) is 0 Å². The van der Waals surface area contributed by atoms with E-state index in [-0.39, 0.29) is 19.4 Å². The van der Waals surface area contributed by atoms with E-state index < -0.39 is 67.4 Å². The predicted octanol–water partition coefficient (Wildman–Crippen LogP) is 18.7. The molecule has 1 saturated heterocycles. The largest absolute Gasteiger partial charge is 0.454 e. The van der Waals surface area contributed by atoms with Crippen LogP contribution >= 0.6 is 0 Å². The van der Waals surface area contributed by atoms with Crippen LogP contribution in [-0.4, -0.2) is 99.6 Å². The number of hydrogen-bond donors (Lipinski definition) is 6. The molecule has 11 heteroatoms. The maximum absolute atomic E-state index is 13.5. The normalized spacial score (nSPS) is 18.7. The third kappa shape index (κ3) is 49.0. The van der Waals surface area contributed by atoms with E-state index in [1.807, 2.05) is 6.08 Å². The Hall–Kier alpha value is -2.90. The lowest BCUT2D eigenvalue weighted by Crippen LogP contribution is -2.61. The lowest BCUT2D eigenvalue weighted by Gasteiger charge is -2.41. The van der Waals surface area contributed by atoms with E-state index in [0.29, 0.717) is 12.8 Å². The first-order chi connectivity index (χ1) is 42.2. The molecule has 0 aromatic heterocycles. The molecular weight excluding hydrogens is 1070 g/mol. The highest BCUT2D eigenvalue weighted by atomic mass is 16.7. The Bertz CT molecular complexity index is 1680. The Labute approximate surface area is 528 Å². The van der Waals surface area contributed by atoms with E-state index in [0.717, 1.165) is 83.5 Å². The number of hydrogen-bond acceptors (Lipinski definition) is 10. The molecule has 0 bridgehead atoms. The number of unbranched alkanes of at least 4 members (excludes halogenated alkanes) is 38. The van der Waals surface area contributed by atoms with Crippen molar-refractivity contribution < 1.29 is 49.3 Å². The molecule has 0 aromatic rings. The highest BCUT2D eigenvalue weighted by molar-refractivity contribution is 5.80. The first-order valence-corrected chi connectivity index (χ1v) is 36.2. The predicted molar refractivity (Wildman–Crippen MR) is 361 cm³/mol. The molecular formula is C75H135NO10. The SMILES string of the molecule is CCCCC/C=C\C/C=C\C/C=C\C/C=C\CCCCCCCCCCC(O)C(=O)NC(COC1OC(CO)C(O)C(O)C1OC(=O)CCCCCCCCCCCCC/C=C/CCCCCCCC)C(O)/C=C/CCCCCCCCCCCC. The van der Waals surface area contributed by atoms with Crippen LogP contribution in [0.3, 0.4) is 0 Å². The smallest absolute Gasteiger partial charge is 0.306 e. The fourth-order valence-corrected chi connectivity index (χ4v) is 11.1. The molecule has 1 aliphatic rings. The minimum Gasteiger partial charge on any atom is -0.454 e. The van der Waals surface area contributed by atoms with Crippen molar-refractivity contribution in [3.05, 3.63) is 72.9 Å². The van der Waals surface area contributed by atoms with Crippen molar-refractivity contribution >= 4 is 11.9 Å². The van der Waals surface area contributed by atoms with Crippen LogP contribution in [0.25, 0.3) is 0 Å². The lowest BCUT2D eigenvalue weighted by atomic mass is 9.99. The minimum atomic E-state index is -1.62. The monoisotopic (exact) mass is 1210 g/mol. The average molecular weight is 1210 g/mol. The second kappa shape index (κ2) is 62.3. The molecule has 8 unspecified atom stereocenters. The first-order valence-electron chi connectivity index (χ1n) is 36.2. The number of nitrogens with one attached hydrogen (secondary N) is 1. The van der Waals surface area contributed by atoms with Crippen molar-refractivity contribution in [3.63, 3.8) is 0 Å². The number of esters is 1. The van der Waals surface area contributed by atoms with Gasteiger partial charge in [-0.05, 0) is 96.3 Å². The summed E-state index contributed by atoms with van der Waals surface area (Å²) in [6.45, 7) is 5.79. The lowest BCUT2D eigenvalue weighted by molar-refractivity contribution is -0.305. The number of ether oxygens (including phenoxy) is 3. The fourth-order valence-electron chi connectivity index (χ4n) is 11.1. The van der Waals surface area contributed by atoms with Crippen LogP contribution in [0.4, 0.5) is 0 Å². The Morgan fingerprint density at radius 2 is 0.802 bits per heavy atom. The standard InChI is InChI=1S/C75H135NO10/c1-4-7-10-13-16-19-22-25-27-29-31-33-34-35-37-38-40-42-44-47-50-53-56-59-62-68(79)74(83)76-66(67(78)61-58-55-52-49-46-24-21-18-15-12-9-6-3)65-84-75-73(72(82)71(81)69(64-77)85-75)86-70(80)63-60-57-54-51-48-45-43-41-39-36-32-30-28-26-23-20-17-14-11-8-5-2/h16,19,25-28,31,33,35,37,58,61,66-69,71-73,75,77-79,81-82H,4-15,17-18,20-24,29-30,32,34,36,38-57,59-60,62-65H2,1-3H3,(H,76,83)/b19-16-,27-25-,28-26+,33-31-,37-35-,61-58+. The van der Waals surface area contributed by atoms with Gasteiger partial charge in [-0.1, -0.05) is 299 Å². The molecule has 0 aliphatic carbocycles. The van der Waals surface area contributed by atoms with Gasteiger partial charge in [0.1, 0.15) is 24.4 Å². The Morgan fingerprint density at radius 3 is 1.23 bits per heavy atom. The van der Waals surface area contributed by atoms with Crippen LogP contribution < -0.4 is 5.32 Å². The molecule has 0 aromatic carbocycles. The van der Waals surface area contributed by atoms with Crippen LogP contribution in [-0.2, 0) is 23.8 Å². The van der Waals surface area contributed by atoms with E-state index in [2.05, 4.69) is 86.8 Å². The highest BCUT2D eigenvalue weighted by Crippen LogP contribution is 2.26. The van der Waals surface area contributed by atoms with Gasteiger partial charge in [0.25, 0.3) is 0 Å². The molecule has 11 nitrogen and oxygen atoms in total. The number of aliphatic hydroxyl groups excluding tert-OH is 5. The van der Waals surface area contributed by atoms with Gasteiger partial charge in [0.2, 0.25) is 5.91 Å². The van der Waals surface area contributed by atoms with Crippen molar-refractivity contribution in [1.29, 1.82) is 0 Å². The third-order valence-corrected chi connectivity index (χ3v) is 16.8. The van der Waals surface area contributed by atoms with Crippen LogP contribution in [0, 0.1) is 0 Å². The highest BCUT2D eigenvalue weighted by Gasteiger charge is 2.47.